The maximum Gasteiger partial charge on any atom is 0.231 e. The predicted octanol–water partition coefficient (Wildman–Crippen LogP) is 0.723. The van der Waals surface area contributed by atoms with Crippen molar-refractivity contribution in [1.29, 1.82) is 0 Å². The Morgan fingerprint density at radius 1 is 1.30 bits per heavy atom. The minimum absolute atomic E-state index is 0.0948. The first-order valence-corrected chi connectivity index (χ1v) is 7.93. The van der Waals surface area contributed by atoms with Crippen LogP contribution in [0.4, 0.5) is 0 Å². The highest BCUT2D eigenvalue weighted by Crippen LogP contribution is 2.51. The van der Waals surface area contributed by atoms with Crippen LogP contribution in [0.25, 0.3) is 0 Å². The number of aliphatic hydroxyl groups is 2. The van der Waals surface area contributed by atoms with Crippen LogP contribution >= 0.6 is 0 Å². The molecule has 5 rings (SSSR count). The highest BCUT2D eigenvalue weighted by atomic mass is 16.7. The fourth-order valence-electron chi connectivity index (χ4n) is 4.43. The lowest BCUT2D eigenvalue weighted by molar-refractivity contribution is -0.242. The minimum Gasteiger partial charge on any atom is -0.454 e. The van der Waals surface area contributed by atoms with Crippen LogP contribution in [0.15, 0.2) is 23.8 Å². The molecule has 2 N–H and O–H groups in total. The van der Waals surface area contributed by atoms with E-state index in [0.717, 1.165) is 24.6 Å². The van der Waals surface area contributed by atoms with Gasteiger partial charge in [-0.3, -0.25) is 4.90 Å². The lowest BCUT2D eigenvalue weighted by atomic mass is 9.81. The average molecular weight is 317 g/mol. The molecule has 122 valence electrons. The summed E-state index contributed by atoms with van der Waals surface area (Å²) in [6.45, 7) is 1.98. The molecule has 1 aromatic rings. The molecule has 6 nitrogen and oxygen atoms in total. The van der Waals surface area contributed by atoms with Crippen molar-refractivity contribution in [3.05, 3.63) is 34.9 Å². The molecule has 0 saturated carbocycles. The van der Waals surface area contributed by atoms with Crippen LogP contribution in [0.1, 0.15) is 23.5 Å². The van der Waals surface area contributed by atoms with E-state index in [4.69, 9.17) is 14.2 Å². The number of fused-ring (bicyclic) bond motifs is 8. The molecule has 6 heteroatoms. The van der Waals surface area contributed by atoms with Crippen molar-refractivity contribution >= 4 is 0 Å². The molecular formula is C17H19NO5. The second-order valence-electron chi connectivity index (χ2n) is 6.77. The Labute approximate surface area is 133 Å². The smallest absolute Gasteiger partial charge is 0.231 e. The molecule has 3 aliphatic heterocycles. The molecule has 1 fully saturated rings. The highest BCUT2D eigenvalue weighted by molar-refractivity contribution is 5.54. The predicted molar refractivity (Wildman–Crippen MR) is 80.2 cm³/mol. The Balaban J connectivity index is 1.60. The normalized spacial score (nSPS) is 39.7. The summed E-state index contributed by atoms with van der Waals surface area (Å²) in [7, 11) is 1.44. The van der Waals surface area contributed by atoms with Gasteiger partial charge >= 0.3 is 0 Å². The number of hydrogen-bond donors (Lipinski definition) is 2. The highest BCUT2D eigenvalue weighted by Gasteiger charge is 2.51. The van der Waals surface area contributed by atoms with Crippen LogP contribution in [0.2, 0.25) is 0 Å². The number of methoxy groups -OCH3 is 1. The van der Waals surface area contributed by atoms with E-state index in [1.165, 1.54) is 23.8 Å². The first-order chi connectivity index (χ1) is 11.1. The van der Waals surface area contributed by atoms with Crippen molar-refractivity contribution in [3.63, 3.8) is 0 Å². The van der Waals surface area contributed by atoms with E-state index in [1.54, 1.807) is 6.08 Å². The van der Waals surface area contributed by atoms with Crippen molar-refractivity contribution in [2.24, 2.45) is 0 Å². The van der Waals surface area contributed by atoms with Gasteiger partial charge in [-0.1, -0.05) is 0 Å². The molecular weight excluding hydrogens is 298 g/mol. The molecule has 23 heavy (non-hydrogen) atoms. The zero-order chi connectivity index (χ0) is 15.8. The number of nitrogens with zero attached hydrogens (tertiary/aromatic N) is 1. The molecule has 1 aromatic carbocycles. The van der Waals surface area contributed by atoms with Gasteiger partial charge in [-0.2, -0.15) is 0 Å². The summed E-state index contributed by atoms with van der Waals surface area (Å²) in [6.07, 6.45) is 1.16. The van der Waals surface area contributed by atoms with Crippen molar-refractivity contribution in [2.45, 2.75) is 36.8 Å². The lowest BCUT2D eigenvalue weighted by Gasteiger charge is -2.39. The third-order valence-electron chi connectivity index (χ3n) is 5.68. The summed E-state index contributed by atoms with van der Waals surface area (Å²) < 4.78 is 16.2. The molecule has 0 amide bonds. The van der Waals surface area contributed by atoms with Gasteiger partial charge in [-0.05, 0) is 34.9 Å². The Morgan fingerprint density at radius 3 is 2.87 bits per heavy atom. The molecule has 5 atom stereocenters. The maximum atomic E-state index is 10.5. The molecule has 4 aliphatic rings. The van der Waals surface area contributed by atoms with E-state index in [-0.39, 0.29) is 18.8 Å². The molecule has 2 bridgehead atoms. The molecule has 0 aromatic heterocycles. The van der Waals surface area contributed by atoms with E-state index in [9.17, 15) is 10.2 Å². The van der Waals surface area contributed by atoms with Gasteiger partial charge < -0.3 is 24.4 Å². The van der Waals surface area contributed by atoms with Crippen molar-refractivity contribution < 1.29 is 24.4 Å². The van der Waals surface area contributed by atoms with E-state index < -0.39 is 11.9 Å². The fourth-order valence-corrected chi connectivity index (χ4v) is 4.43. The number of ether oxygens (including phenoxy) is 3. The molecule has 1 saturated heterocycles. The van der Waals surface area contributed by atoms with Crippen LogP contribution in [-0.2, 0) is 11.3 Å². The summed E-state index contributed by atoms with van der Waals surface area (Å²) >= 11 is 0. The van der Waals surface area contributed by atoms with Gasteiger partial charge in [0.1, 0.15) is 6.10 Å². The zero-order valence-electron chi connectivity index (χ0n) is 12.9. The van der Waals surface area contributed by atoms with E-state index in [0.29, 0.717) is 6.42 Å². The zero-order valence-corrected chi connectivity index (χ0v) is 12.9. The Bertz CT molecular complexity index is 717. The SMILES string of the molecule is CO[C@]1(O)C[C@H]2C(=C[C@@H]1O)[C@H]1C[N@]2Cc2cc3c(cc21)OCO3. The van der Waals surface area contributed by atoms with Crippen LogP contribution in [-0.4, -0.2) is 53.5 Å². The maximum absolute atomic E-state index is 10.5. The summed E-state index contributed by atoms with van der Waals surface area (Å²) in [6, 6.07) is 4.23. The summed E-state index contributed by atoms with van der Waals surface area (Å²) in [5.41, 5.74) is 3.65. The number of rotatable bonds is 1. The summed E-state index contributed by atoms with van der Waals surface area (Å²) in [4.78, 5) is 2.34. The lowest BCUT2D eigenvalue weighted by Crippen LogP contribution is -2.51. The third-order valence-corrected chi connectivity index (χ3v) is 5.68. The Hall–Kier alpha value is -1.60. The number of hydrogen-bond acceptors (Lipinski definition) is 6. The van der Waals surface area contributed by atoms with E-state index in [2.05, 4.69) is 17.0 Å². The molecule has 3 heterocycles. The number of aliphatic hydroxyl groups excluding tert-OH is 1. The van der Waals surface area contributed by atoms with Crippen LogP contribution in [0, 0.1) is 0 Å². The Kier molecular flexibility index (Phi) is 2.69. The standard InChI is InChI=1S/C17H19NO5/c1-21-17(20)5-13-11(4-16(17)19)12-7-18(13)6-9-2-14-15(3-10(9)12)23-8-22-14/h2-4,12-13,16,19-20H,5-8H2,1H3/t12-,13-,16-,17+/m0/s1. The van der Waals surface area contributed by atoms with Gasteiger partial charge in [-0.25, -0.2) is 0 Å². The second-order valence-corrected chi connectivity index (χ2v) is 6.77. The van der Waals surface area contributed by atoms with Gasteiger partial charge in [0.05, 0.1) is 0 Å². The average Bonchev–Trinajstić information content (AvgIpc) is 3.10. The largest absolute Gasteiger partial charge is 0.454 e. The second kappa shape index (κ2) is 4.48. The minimum atomic E-state index is -1.51. The Morgan fingerprint density at radius 2 is 2.09 bits per heavy atom. The molecule has 1 aliphatic carbocycles. The monoisotopic (exact) mass is 317 g/mol. The first kappa shape index (κ1) is 13.8. The van der Waals surface area contributed by atoms with Crippen molar-refractivity contribution in [3.8, 4) is 11.5 Å². The van der Waals surface area contributed by atoms with Crippen LogP contribution in [0.5, 0.6) is 11.5 Å². The van der Waals surface area contributed by atoms with Gasteiger partial charge in [-0.15, -0.1) is 0 Å². The van der Waals surface area contributed by atoms with Crippen LogP contribution in [0.3, 0.4) is 0 Å². The summed E-state index contributed by atoms with van der Waals surface area (Å²) in [5.74, 6) is 0.322. The van der Waals surface area contributed by atoms with E-state index >= 15 is 0 Å². The van der Waals surface area contributed by atoms with Gasteiger partial charge in [0.2, 0.25) is 6.79 Å². The summed E-state index contributed by atoms with van der Waals surface area (Å²) in [5, 5.41) is 20.8. The van der Waals surface area contributed by atoms with Gasteiger partial charge in [0.15, 0.2) is 17.3 Å². The number of benzene rings is 1. The first-order valence-electron chi connectivity index (χ1n) is 7.93. The topological polar surface area (TPSA) is 71.4 Å². The quantitative estimate of drug-likeness (QED) is 0.587. The molecule has 0 radical (unpaired) electrons. The van der Waals surface area contributed by atoms with E-state index in [1.807, 2.05) is 0 Å². The van der Waals surface area contributed by atoms with Gasteiger partial charge in [0.25, 0.3) is 0 Å². The third kappa shape index (κ3) is 1.77. The molecule has 0 spiro atoms. The fraction of sp³-hybridized carbons (Fsp3) is 0.529. The van der Waals surface area contributed by atoms with Gasteiger partial charge in [0, 0.05) is 38.6 Å². The van der Waals surface area contributed by atoms with Crippen molar-refractivity contribution in [2.75, 3.05) is 20.4 Å². The van der Waals surface area contributed by atoms with Crippen LogP contribution < -0.4 is 9.47 Å². The van der Waals surface area contributed by atoms with Crippen molar-refractivity contribution in [1.82, 2.24) is 4.90 Å². The molecule has 0 unspecified atom stereocenters.